The van der Waals surface area contributed by atoms with E-state index in [1.165, 1.54) is 28.2 Å². The van der Waals surface area contributed by atoms with Crippen LogP contribution in [0.5, 0.6) is 5.75 Å². The number of amides is 2. The average molecular weight is 528 g/mol. The van der Waals surface area contributed by atoms with Crippen molar-refractivity contribution in [2.75, 3.05) is 13.2 Å². The monoisotopic (exact) mass is 527 g/mol. The summed E-state index contributed by atoms with van der Waals surface area (Å²) in [5, 5.41) is 18.2. The van der Waals surface area contributed by atoms with Gasteiger partial charge in [0.15, 0.2) is 11.6 Å². The van der Waals surface area contributed by atoms with Gasteiger partial charge in [0, 0.05) is 18.9 Å². The number of carbonyl (C=O) groups is 3. The van der Waals surface area contributed by atoms with Gasteiger partial charge in [-0.1, -0.05) is 43.6 Å². The molecule has 3 aliphatic rings. The lowest BCUT2D eigenvalue weighted by atomic mass is 9.67. The number of carboxylic acids is 1. The maximum absolute atomic E-state index is 13.7. The normalized spacial score (nSPS) is 25.4. The van der Waals surface area contributed by atoms with Crippen molar-refractivity contribution in [3.63, 3.8) is 0 Å². The Labute approximate surface area is 223 Å². The molecular formula is C30H38FNO6. The first-order valence-corrected chi connectivity index (χ1v) is 13.7. The number of benzene rings is 1. The van der Waals surface area contributed by atoms with Crippen molar-refractivity contribution >= 4 is 23.9 Å². The van der Waals surface area contributed by atoms with Crippen LogP contribution in [0, 0.1) is 29.5 Å². The summed E-state index contributed by atoms with van der Waals surface area (Å²) < 4.78 is 20.0. The quantitative estimate of drug-likeness (QED) is 0.229. The number of carbonyl (C=O) groups excluding carboxylic acids is 2. The zero-order valence-electron chi connectivity index (χ0n) is 22.4. The molecule has 0 saturated carbocycles. The number of phenolic OH excluding ortho intramolecular Hbond substituents is 1. The highest BCUT2D eigenvalue weighted by atomic mass is 19.1. The second-order valence-corrected chi connectivity index (χ2v) is 11.2. The minimum atomic E-state index is -0.833. The van der Waals surface area contributed by atoms with Crippen LogP contribution in [-0.2, 0) is 19.1 Å². The summed E-state index contributed by atoms with van der Waals surface area (Å²) in [7, 11) is 0. The van der Waals surface area contributed by atoms with Gasteiger partial charge in [-0.05, 0) is 68.2 Å². The highest BCUT2D eigenvalue weighted by Gasteiger charge is 2.56. The van der Waals surface area contributed by atoms with E-state index in [4.69, 9.17) is 9.84 Å². The van der Waals surface area contributed by atoms with Gasteiger partial charge in [0.25, 0.3) is 0 Å². The molecule has 2 saturated heterocycles. The summed E-state index contributed by atoms with van der Waals surface area (Å²) >= 11 is 0. The highest BCUT2D eigenvalue weighted by molar-refractivity contribution is 6.06. The lowest BCUT2D eigenvalue weighted by molar-refractivity contribution is -0.141. The minimum Gasteiger partial charge on any atom is -0.505 e. The molecule has 0 bridgehead atoms. The molecule has 0 spiro atoms. The molecule has 1 aromatic carbocycles. The number of rotatable bonds is 11. The molecule has 8 heteroatoms. The summed E-state index contributed by atoms with van der Waals surface area (Å²) in [6.07, 6.45) is 5.74. The Balaban J connectivity index is 1.45. The Morgan fingerprint density at radius 1 is 1.16 bits per heavy atom. The third kappa shape index (κ3) is 5.85. The largest absolute Gasteiger partial charge is 0.505 e. The van der Waals surface area contributed by atoms with Gasteiger partial charge < -0.3 is 14.9 Å². The zero-order valence-corrected chi connectivity index (χ0v) is 22.4. The number of hydrogen-bond donors (Lipinski definition) is 2. The minimum absolute atomic E-state index is 0.0967. The zero-order chi connectivity index (χ0) is 27.6. The molecule has 2 aliphatic heterocycles. The number of fused-ring (bicyclic) bond motifs is 3. The number of carboxylic acid groups (broad SMARTS) is 1. The number of allylic oxidation sites excluding steroid dienone is 2. The van der Waals surface area contributed by atoms with E-state index in [0.29, 0.717) is 44.4 Å². The van der Waals surface area contributed by atoms with Crippen LogP contribution in [0.1, 0.15) is 71.3 Å². The summed E-state index contributed by atoms with van der Waals surface area (Å²) in [6.45, 7) is 7.01. The second kappa shape index (κ2) is 11.8. The van der Waals surface area contributed by atoms with Gasteiger partial charge >= 0.3 is 5.97 Å². The van der Waals surface area contributed by atoms with Crippen LogP contribution in [0.4, 0.5) is 4.39 Å². The van der Waals surface area contributed by atoms with E-state index in [1.807, 2.05) is 13.0 Å². The van der Waals surface area contributed by atoms with E-state index in [1.54, 1.807) is 6.07 Å². The molecule has 2 fully saturated rings. The van der Waals surface area contributed by atoms with E-state index in [0.717, 1.165) is 18.4 Å². The summed E-state index contributed by atoms with van der Waals surface area (Å²) in [6, 6.07) is 4.32. The fraction of sp³-hybridized carbons (Fsp3) is 0.567. The molecule has 0 aromatic heterocycles. The predicted octanol–water partition coefficient (Wildman–Crippen LogP) is 5.33. The van der Waals surface area contributed by atoms with Crippen molar-refractivity contribution in [1.29, 1.82) is 0 Å². The standard InChI is InChI=1S/C30H38FNO6/c1-17(2)20-15-21-28(30(37)32(29(21)36)12-6-4-5-7-26(34)35)22-16-38-25(27(20)22)11-8-18(3)13-19-9-10-24(33)23(31)14-19/h9-10,13-14,17,21-22,25,28,33H,4-8,11-12,15-16H2,1-3H3,(H,34,35)/b18-13+/t21-,22+,25-,28-/m1/s1. The Morgan fingerprint density at radius 3 is 2.61 bits per heavy atom. The van der Waals surface area contributed by atoms with E-state index in [2.05, 4.69) is 13.8 Å². The van der Waals surface area contributed by atoms with Crippen LogP contribution in [0.2, 0.25) is 0 Å². The number of aromatic hydroxyl groups is 1. The van der Waals surface area contributed by atoms with Crippen LogP contribution in [0.25, 0.3) is 6.08 Å². The molecule has 4 rings (SSSR count). The molecule has 2 heterocycles. The van der Waals surface area contributed by atoms with Crippen LogP contribution in [0.15, 0.2) is 34.9 Å². The van der Waals surface area contributed by atoms with Crippen molar-refractivity contribution in [2.45, 2.75) is 71.8 Å². The van der Waals surface area contributed by atoms with E-state index in [9.17, 15) is 23.9 Å². The van der Waals surface area contributed by atoms with Crippen LogP contribution >= 0.6 is 0 Å². The fourth-order valence-corrected chi connectivity index (χ4v) is 6.30. The number of nitrogens with zero attached hydrogens (tertiary/aromatic N) is 1. The Morgan fingerprint density at radius 2 is 1.92 bits per heavy atom. The second-order valence-electron chi connectivity index (χ2n) is 11.2. The first-order valence-electron chi connectivity index (χ1n) is 13.7. The van der Waals surface area contributed by atoms with Crippen LogP contribution < -0.4 is 0 Å². The molecule has 0 radical (unpaired) electrons. The number of ether oxygens (including phenoxy) is 1. The molecule has 0 unspecified atom stereocenters. The molecular weight excluding hydrogens is 489 g/mol. The van der Waals surface area contributed by atoms with Gasteiger partial charge in [0.05, 0.1) is 24.5 Å². The van der Waals surface area contributed by atoms with Crippen molar-refractivity contribution in [1.82, 2.24) is 4.90 Å². The fourth-order valence-electron chi connectivity index (χ4n) is 6.30. The van der Waals surface area contributed by atoms with Crippen LogP contribution in [0.3, 0.4) is 0 Å². The smallest absolute Gasteiger partial charge is 0.303 e. The molecule has 1 aromatic rings. The van der Waals surface area contributed by atoms with Gasteiger partial charge in [-0.3, -0.25) is 19.3 Å². The van der Waals surface area contributed by atoms with Crippen molar-refractivity contribution in [3.8, 4) is 5.75 Å². The van der Waals surface area contributed by atoms with E-state index in [-0.39, 0.29) is 53.8 Å². The molecule has 4 atom stereocenters. The maximum atomic E-state index is 13.7. The number of aliphatic carboxylic acids is 1. The summed E-state index contributed by atoms with van der Waals surface area (Å²) in [5.41, 5.74) is 4.16. The number of phenols is 1. The van der Waals surface area contributed by atoms with Gasteiger partial charge in [0.2, 0.25) is 11.8 Å². The van der Waals surface area contributed by atoms with Gasteiger partial charge in [0.1, 0.15) is 0 Å². The van der Waals surface area contributed by atoms with Crippen molar-refractivity contribution < 1.29 is 33.7 Å². The number of likely N-dealkylation sites (tertiary alicyclic amines) is 1. The maximum Gasteiger partial charge on any atom is 0.303 e. The summed E-state index contributed by atoms with van der Waals surface area (Å²) in [4.78, 5) is 38.9. The number of unbranched alkanes of at least 4 members (excludes halogenated alkanes) is 2. The molecule has 38 heavy (non-hydrogen) atoms. The molecule has 7 nitrogen and oxygen atoms in total. The summed E-state index contributed by atoms with van der Waals surface area (Å²) in [5.74, 6) is -2.66. The van der Waals surface area contributed by atoms with Gasteiger partial charge in [-0.25, -0.2) is 4.39 Å². The first-order chi connectivity index (χ1) is 18.1. The van der Waals surface area contributed by atoms with E-state index < -0.39 is 11.8 Å². The van der Waals surface area contributed by atoms with Gasteiger partial charge in [-0.15, -0.1) is 0 Å². The molecule has 1 aliphatic carbocycles. The average Bonchev–Trinajstić information content (AvgIpc) is 3.38. The Kier molecular flexibility index (Phi) is 8.71. The Bertz CT molecular complexity index is 1160. The van der Waals surface area contributed by atoms with Crippen molar-refractivity contribution in [2.24, 2.45) is 23.7 Å². The predicted molar refractivity (Wildman–Crippen MR) is 140 cm³/mol. The third-order valence-corrected chi connectivity index (χ3v) is 8.19. The topological polar surface area (TPSA) is 104 Å². The number of imide groups is 1. The highest BCUT2D eigenvalue weighted by Crippen LogP contribution is 2.51. The Hall–Kier alpha value is -3.00. The lowest BCUT2D eigenvalue weighted by Crippen LogP contribution is -2.35. The first kappa shape index (κ1) is 28.0. The third-order valence-electron chi connectivity index (χ3n) is 8.19. The van der Waals surface area contributed by atoms with Crippen molar-refractivity contribution in [3.05, 3.63) is 46.3 Å². The lowest BCUT2D eigenvalue weighted by Gasteiger charge is -2.33. The SMILES string of the molecule is C/C(=C\c1ccc(O)c(F)c1)CC[C@H]1OC[C@H]2C1=C(C(C)C)C[C@H]1C(=O)N(CCCCCC(=O)O)C(=O)[C@H]12. The molecule has 2 N–H and O–H groups in total. The number of halogens is 1. The van der Waals surface area contributed by atoms with E-state index >= 15 is 0 Å². The van der Waals surface area contributed by atoms with Crippen LogP contribution in [-0.4, -0.2) is 52.2 Å². The molecule has 2 amide bonds. The molecule has 206 valence electrons. The number of hydrogen-bond acceptors (Lipinski definition) is 5. The van der Waals surface area contributed by atoms with Gasteiger partial charge in [-0.2, -0.15) is 0 Å².